The van der Waals surface area contributed by atoms with E-state index in [4.69, 9.17) is 5.26 Å². The molecule has 0 heterocycles. The van der Waals surface area contributed by atoms with Crippen LogP contribution >= 0.6 is 0 Å². The highest BCUT2D eigenvalue weighted by Crippen LogP contribution is 2.20. The Labute approximate surface area is 100 Å². The van der Waals surface area contributed by atoms with Crippen molar-refractivity contribution in [3.63, 3.8) is 0 Å². The SMILES string of the molecule is CC(C)C(=O)N(C)C(C#N)c1ccc(F)cc1. The normalized spacial score (nSPS) is 12.0. The van der Waals surface area contributed by atoms with Crippen molar-refractivity contribution >= 4 is 5.91 Å². The molecule has 17 heavy (non-hydrogen) atoms. The van der Waals surface area contributed by atoms with Gasteiger partial charge in [0, 0.05) is 13.0 Å². The third-order valence-corrected chi connectivity index (χ3v) is 2.54. The molecule has 1 amide bonds. The molecule has 1 atom stereocenters. The van der Waals surface area contributed by atoms with Gasteiger partial charge in [-0.15, -0.1) is 0 Å². The van der Waals surface area contributed by atoms with Crippen LogP contribution in [-0.4, -0.2) is 17.9 Å². The van der Waals surface area contributed by atoms with Crippen LogP contribution in [0, 0.1) is 23.1 Å². The van der Waals surface area contributed by atoms with E-state index in [1.165, 1.54) is 29.2 Å². The summed E-state index contributed by atoms with van der Waals surface area (Å²) >= 11 is 0. The first-order chi connectivity index (χ1) is 7.97. The zero-order valence-corrected chi connectivity index (χ0v) is 10.1. The molecule has 0 aliphatic heterocycles. The molecule has 0 saturated carbocycles. The van der Waals surface area contributed by atoms with Gasteiger partial charge in [-0.3, -0.25) is 4.79 Å². The van der Waals surface area contributed by atoms with Crippen LogP contribution in [0.5, 0.6) is 0 Å². The molecule has 0 aromatic heterocycles. The second-order valence-electron chi connectivity index (χ2n) is 4.19. The van der Waals surface area contributed by atoms with E-state index in [1.807, 2.05) is 0 Å². The molecule has 0 aliphatic rings. The lowest BCUT2D eigenvalue weighted by atomic mass is 10.1. The zero-order chi connectivity index (χ0) is 13.0. The van der Waals surface area contributed by atoms with Gasteiger partial charge in [0.15, 0.2) is 0 Å². The number of carbonyl (C=O) groups excluding carboxylic acids is 1. The van der Waals surface area contributed by atoms with Gasteiger partial charge in [-0.1, -0.05) is 26.0 Å². The van der Waals surface area contributed by atoms with Gasteiger partial charge in [-0.05, 0) is 17.7 Å². The minimum atomic E-state index is -0.675. The summed E-state index contributed by atoms with van der Waals surface area (Å²) in [6.07, 6.45) is 0. The first-order valence-corrected chi connectivity index (χ1v) is 5.39. The highest BCUT2D eigenvalue weighted by molar-refractivity contribution is 5.78. The van der Waals surface area contributed by atoms with Gasteiger partial charge in [0.05, 0.1) is 6.07 Å². The molecule has 0 fully saturated rings. The van der Waals surface area contributed by atoms with E-state index in [9.17, 15) is 9.18 Å². The topological polar surface area (TPSA) is 44.1 Å². The van der Waals surface area contributed by atoms with Gasteiger partial charge >= 0.3 is 0 Å². The Kier molecular flexibility index (Phi) is 4.22. The van der Waals surface area contributed by atoms with Crippen molar-refractivity contribution in [2.24, 2.45) is 5.92 Å². The Balaban J connectivity index is 2.97. The molecular weight excluding hydrogens is 219 g/mol. The van der Waals surface area contributed by atoms with Crippen LogP contribution in [0.2, 0.25) is 0 Å². The van der Waals surface area contributed by atoms with E-state index >= 15 is 0 Å². The lowest BCUT2D eigenvalue weighted by Gasteiger charge is -2.24. The monoisotopic (exact) mass is 234 g/mol. The van der Waals surface area contributed by atoms with Crippen molar-refractivity contribution in [1.29, 1.82) is 5.26 Å². The first kappa shape index (κ1) is 13.2. The van der Waals surface area contributed by atoms with E-state index in [0.29, 0.717) is 5.56 Å². The number of rotatable bonds is 3. The van der Waals surface area contributed by atoms with Gasteiger partial charge in [0.25, 0.3) is 0 Å². The number of nitriles is 1. The van der Waals surface area contributed by atoms with Crippen LogP contribution in [-0.2, 0) is 4.79 Å². The smallest absolute Gasteiger partial charge is 0.226 e. The Morgan fingerprint density at radius 2 is 1.88 bits per heavy atom. The Bertz CT molecular complexity index is 434. The molecular formula is C13H15FN2O. The highest BCUT2D eigenvalue weighted by Gasteiger charge is 2.23. The molecule has 0 bridgehead atoms. The summed E-state index contributed by atoms with van der Waals surface area (Å²) in [6, 6.07) is 6.99. The number of amides is 1. The van der Waals surface area contributed by atoms with Crippen LogP contribution in [0.15, 0.2) is 24.3 Å². The molecule has 0 spiro atoms. The molecule has 4 heteroatoms. The molecule has 1 aromatic carbocycles. The number of nitrogens with zero attached hydrogens (tertiary/aromatic N) is 2. The van der Waals surface area contributed by atoms with E-state index in [0.717, 1.165) is 0 Å². The summed E-state index contributed by atoms with van der Waals surface area (Å²) in [5, 5.41) is 9.11. The number of hydrogen-bond donors (Lipinski definition) is 0. The van der Waals surface area contributed by atoms with Crippen LogP contribution < -0.4 is 0 Å². The van der Waals surface area contributed by atoms with Gasteiger partial charge < -0.3 is 4.90 Å². The van der Waals surface area contributed by atoms with Crippen LogP contribution in [0.4, 0.5) is 4.39 Å². The maximum absolute atomic E-state index is 12.8. The fraction of sp³-hybridized carbons (Fsp3) is 0.385. The van der Waals surface area contributed by atoms with Crippen LogP contribution in [0.3, 0.4) is 0 Å². The van der Waals surface area contributed by atoms with Crippen molar-refractivity contribution in [2.75, 3.05) is 7.05 Å². The zero-order valence-electron chi connectivity index (χ0n) is 10.1. The number of benzene rings is 1. The molecule has 0 saturated heterocycles. The molecule has 1 unspecified atom stereocenters. The minimum absolute atomic E-state index is 0.110. The van der Waals surface area contributed by atoms with Crippen LogP contribution in [0.1, 0.15) is 25.5 Å². The molecule has 1 rings (SSSR count). The summed E-state index contributed by atoms with van der Waals surface area (Å²) in [6.45, 7) is 3.55. The Hall–Kier alpha value is -1.89. The van der Waals surface area contributed by atoms with Gasteiger partial charge in [0.2, 0.25) is 5.91 Å². The van der Waals surface area contributed by atoms with Crippen molar-refractivity contribution in [2.45, 2.75) is 19.9 Å². The Morgan fingerprint density at radius 3 is 2.29 bits per heavy atom. The molecule has 90 valence electrons. The Morgan fingerprint density at radius 1 is 1.35 bits per heavy atom. The largest absolute Gasteiger partial charge is 0.326 e. The van der Waals surface area contributed by atoms with Crippen molar-refractivity contribution in [3.8, 4) is 6.07 Å². The lowest BCUT2D eigenvalue weighted by molar-refractivity contribution is -0.134. The average Bonchev–Trinajstić information content (AvgIpc) is 2.31. The molecule has 1 aromatic rings. The summed E-state index contributed by atoms with van der Waals surface area (Å²) in [4.78, 5) is 13.2. The average molecular weight is 234 g/mol. The summed E-state index contributed by atoms with van der Waals surface area (Å²) in [5.41, 5.74) is 0.616. The quantitative estimate of drug-likeness (QED) is 0.806. The fourth-order valence-corrected chi connectivity index (χ4v) is 1.56. The second-order valence-corrected chi connectivity index (χ2v) is 4.19. The number of carbonyl (C=O) groups is 1. The molecule has 3 nitrogen and oxygen atoms in total. The van der Waals surface area contributed by atoms with Crippen molar-refractivity contribution < 1.29 is 9.18 Å². The molecule has 0 radical (unpaired) electrons. The van der Waals surface area contributed by atoms with Gasteiger partial charge in [0.1, 0.15) is 11.9 Å². The third kappa shape index (κ3) is 3.04. The maximum atomic E-state index is 12.8. The summed E-state index contributed by atoms with van der Waals surface area (Å²) in [5.74, 6) is -0.638. The van der Waals surface area contributed by atoms with E-state index in [-0.39, 0.29) is 17.6 Å². The predicted octanol–water partition coefficient (Wildman–Crippen LogP) is 2.50. The number of halogens is 1. The first-order valence-electron chi connectivity index (χ1n) is 5.39. The van der Waals surface area contributed by atoms with Crippen LogP contribution in [0.25, 0.3) is 0 Å². The number of hydrogen-bond acceptors (Lipinski definition) is 2. The second kappa shape index (κ2) is 5.44. The maximum Gasteiger partial charge on any atom is 0.226 e. The van der Waals surface area contributed by atoms with E-state index < -0.39 is 6.04 Å². The fourth-order valence-electron chi connectivity index (χ4n) is 1.56. The van der Waals surface area contributed by atoms with Crippen molar-refractivity contribution in [3.05, 3.63) is 35.6 Å². The standard InChI is InChI=1S/C13H15FN2O/c1-9(2)13(17)16(3)12(8-15)10-4-6-11(14)7-5-10/h4-7,9,12H,1-3H3. The van der Waals surface area contributed by atoms with Crippen molar-refractivity contribution in [1.82, 2.24) is 4.90 Å². The lowest BCUT2D eigenvalue weighted by Crippen LogP contribution is -2.33. The summed E-state index contributed by atoms with van der Waals surface area (Å²) < 4.78 is 12.8. The van der Waals surface area contributed by atoms with Gasteiger partial charge in [-0.25, -0.2) is 4.39 Å². The van der Waals surface area contributed by atoms with Gasteiger partial charge in [-0.2, -0.15) is 5.26 Å². The van der Waals surface area contributed by atoms with E-state index in [2.05, 4.69) is 6.07 Å². The summed E-state index contributed by atoms with van der Waals surface area (Å²) in [7, 11) is 1.58. The minimum Gasteiger partial charge on any atom is -0.326 e. The van der Waals surface area contributed by atoms with E-state index in [1.54, 1.807) is 20.9 Å². The third-order valence-electron chi connectivity index (χ3n) is 2.54. The predicted molar refractivity (Wildman–Crippen MR) is 62.4 cm³/mol. The molecule has 0 aliphatic carbocycles. The highest BCUT2D eigenvalue weighted by atomic mass is 19.1. The molecule has 0 N–H and O–H groups in total.